The number of benzene rings is 3. The summed E-state index contributed by atoms with van der Waals surface area (Å²) < 4.78 is 23.0. The highest BCUT2D eigenvalue weighted by molar-refractivity contribution is 6.31. The van der Waals surface area contributed by atoms with Gasteiger partial charge >= 0.3 is 5.97 Å². The van der Waals surface area contributed by atoms with Gasteiger partial charge in [0.25, 0.3) is 0 Å². The number of hydrogen-bond acceptors (Lipinski definition) is 6. The molecule has 6 nitrogen and oxygen atoms in total. The van der Waals surface area contributed by atoms with Crippen LogP contribution in [0.25, 0.3) is 10.8 Å². The minimum absolute atomic E-state index is 0.0563. The van der Waals surface area contributed by atoms with Crippen LogP contribution in [0.15, 0.2) is 42.5 Å². The average Bonchev–Trinajstić information content (AvgIpc) is 2.80. The van der Waals surface area contributed by atoms with E-state index in [0.717, 1.165) is 24.2 Å². The molecule has 0 unspecified atom stereocenters. The molecule has 0 radical (unpaired) electrons. The number of phenolic OH excluding ortho intramolecular Hbond substituents is 1. The maximum Gasteiger partial charge on any atom is 0.315 e. The molecule has 3 aromatic carbocycles. The highest BCUT2D eigenvalue weighted by Gasteiger charge is 2.25. The SMILES string of the molecule is CCCOc1c(OCCC)c(OC(=O)Cc2ccc(OCC)cc2)c2ccc(Cl)cc2c1O. The molecular weight excluding hydrogens is 444 g/mol. The van der Waals surface area contributed by atoms with Crippen molar-refractivity contribution < 1.29 is 28.8 Å². The van der Waals surface area contributed by atoms with E-state index in [1.165, 1.54) is 0 Å². The summed E-state index contributed by atoms with van der Waals surface area (Å²) in [5, 5.41) is 12.3. The number of aromatic hydroxyl groups is 1. The number of carbonyl (C=O) groups excluding carboxylic acids is 1. The molecule has 0 saturated heterocycles. The predicted molar refractivity (Wildman–Crippen MR) is 129 cm³/mol. The molecule has 1 N–H and O–H groups in total. The molecule has 0 aliphatic rings. The van der Waals surface area contributed by atoms with Crippen molar-refractivity contribution in [1.29, 1.82) is 0 Å². The van der Waals surface area contributed by atoms with E-state index in [-0.39, 0.29) is 29.4 Å². The summed E-state index contributed by atoms with van der Waals surface area (Å²) >= 11 is 6.17. The topological polar surface area (TPSA) is 74.2 Å². The normalized spacial score (nSPS) is 10.8. The number of esters is 1. The van der Waals surface area contributed by atoms with Crippen LogP contribution in [0, 0.1) is 0 Å². The number of hydrogen-bond donors (Lipinski definition) is 1. The van der Waals surface area contributed by atoms with Crippen LogP contribution >= 0.6 is 11.6 Å². The third kappa shape index (κ3) is 6.02. The third-order valence-corrected chi connectivity index (χ3v) is 5.04. The molecule has 0 atom stereocenters. The van der Waals surface area contributed by atoms with Gasteiger partial charge in [0.15, 0.2) is 11.5 Å². The van der Waals surface area contributed by atoms with E-state index >= 15 is 0 Å². The van der Waals surface area contributed by atoms with E-state index < -0.39 is 5.97 Å². The first-order valence-electron chi connectivity index (χ1n) is 11.1. The Balaban J connectivity index is 2.01. The van der Waals surface area contributed by atoms with Crippen molar-refractivity contribution in [2.45, 2.75) is 40.0 Å². The van der Waals surface area contributed by atoms with Crippen LogP contribution < -0.4 is 18.9 Å². The Kier molecular flexibility index (Phi) is 8.66. The van der Waals surface area contributed by atoms with Crippen LogP contribution in [0.4, 0.5) is 0 Å². The van der Waals surface area contributed by atoms with Crippen molar-refractivity contribution in [3.8, 4) is 28.7 Å². The molecule has 0 bridgehead atoms. The van der Waals surface area contributed by atoms with Gasteiger partial charge < -0.3 is 24.1 Å². The third-order valence-electron chi connectivity index (χ3n) is 4.81. The van der Waals surface area contributed by atoms with E-state index in [4.69, 9.17) is 30.5 Å². The highest BCUT2D eigenvalue weighted by atomic mass is 35.5. The lowest BCUT2D eigenvalue weighted by atomic mass is 10.1. The Morgan fingerprint density at radius 3 is 2.15 bits per heavy atom. The molecule has 176 valence electrons. The van der Waals surface area contributed by atoms with Crippen molar-refractivity contribution >= 4 is 28.3 Å². The Morgan fingerprint density at radius 2 is 1.52 bits per heavy atom. The zero-order chi connectivity index (χ0) is 23.8. The second-order valence-corrected chi connectivity index (χ2v) is 7.89. The molecule has 0 fully saturated rings. The van der Waals surface area contributed by atoms with Crippen molar-refractivity contribution in [2.24, 2.45) is 0 Å². The first-order chi connectivity index (χ1) is 16.0. The molecule has 0 aliphatic heterocycles. The maximum atomic E-state index is 12.9. The molecule has 7 heteroatoms. The van der Waals surface area contributed by atoms with Gasteiger partial charge in [-0.3, -0.25) is 4.79 Å². The molecule has 3 rings (SSSR count). The summed E-state index contributed by atoms with van der Waals surface area (Å²) in [6.07, 6.45) is 1.51. The van der Waals surface area contributed by atoms with Crippen molar-refractivity contribution in [3.63, 3.8) is 0 Å². The molecule has 33 heavy (non-hydrogen) atoms. The molecule has 0 saturated carbocycles. The van der Waals surface area contributed by atoms with Crippen LogP contribution in [-0.4, -0.2) is 30.9 Å². The summed E-state index contributed by atoms with van der Waals surface area (Å²) in [4.78, 5) is 12.9. The molecule has 3 aromatic rings. The summed E-state index contributed by atoms with van der Waals surface area (Å²) in [6, 6.07) is 12.3. The Hall–Kier alpha value is -3.12. The van der Waals surface area contributed by atoms with E-state index in [9.17, 15) is 9.90 Å². The second kappa shape index (κ2) is 11.7. The number of fused-ring (bicyclic) bond motifs is 1. The first-order valence-corrected chi connectivity index (χ1v) is 11.5. The van der Waals surface area contributed by atoms with Gasteiger partial charge in [0.1, 0.15) is 5.75 Å². The summed E-state index contributed by atoms with van der Waals surface area (Å²) in [6.45, 7) is 7.13. The smallest absolute Gasteiger partial charge is 0.315 e. The van der Waals surface area contributed by atoms with Gasteiger partial charge in [-0.15, -0.1) is 0 Å². The average molecular weight is 473 g/mol. The van der Waals surface area contributed by atoms with E-state index in [1.54, 1.807) is 18.2 Å². The second-order valence-electron chi connectivity index (χ2n) is 7.45. The van der Waals surface area contributed by atoms with Crippen molar-refractivity contribution in [3.05, 3.63) is 53.1 Å². The highest BCUT2D eigenvalue weighted by Crippen LogP contribution is 2.51. The lowest BCUT2D eigenvalue weighted by Crippen LogP contribution is -2.13. The van der Waals surface area contributed by atoms with E-state index in [1.807, 2.05) is 45.0 Å². The molecule has 0 heterocycles. The number of carbonyl (C=O) groups is 1. The zero-order valence-corrected chi connectivity index (χ0v) is 19.9. The Labute approximate surface area is 199 Å². The van der Waals surface area contributed by atoms with Crippen LogP contribution in [0.5, 0.6) is 28.7 Å². The molecule has 0 spiro atoms. The van der Waals surface area contributed by atoms with Crippen LogP contribution in [-0.2, 0) is 11.2 Å². The van der Waals surface area contributed by atoms with Crippen LogP contribution in [0.1, 0.15) is 39.2 Å². The minimum Gasteiger partial charge on any atom is -0.504 e. The lowest BCUT2D eigenvalue weighted by molar-refractivity contribution is -0.133. The van der Waals surface area contributed by atoms with Gasteiger partial charge in [-0.1, -0.05) is 37.6 Å². The Morgan fingerprint density at radius 1 is 0.848 bits per heavy atom. The Bertz CT molecular complexity index is 1090. The fraction of sp³-hybridized carbons (Fsp3) is 0.346. The first kappa shape index (κ1) is 24.5. The van der Waals surface area contributed by atoms with Crippen LogP contribution in [0.2, 0.25) is 5.02 Å². The quantitative estimate of drug-likeness (QED) is 0.260. The number of ether oxygens (including phenoxy) is 4. The molecule has 0 amide bonds. The number of rotatable bonds is 11. The van der Waals surface area contributed by atoms with Gasteiger partial charge in [-0.2, -0.15) is 0 Å². The van der Waals surface area contributed by atoms with E-state index in [2.05, 4.69) is 0 Å². The summed E-state index contributed by atoms with van der Waals surface area (Å²) in [7, 11) is 0. The predicted octanol–water partition coefficient (Wildman–Crippen LogP) is 6.32. The fourth-order valence-corrected chi connectivity index (χ4v) is 3.50. The van der Waals surface area contributed by atoms with Gasteiger partial charge in [0.05, 0.1) is 26.2 Å². The monoisotopic (exact) mass is 472 g/mol. The zero-order valence-electron chi connectivity index (χ0n) is 19.2. The van der Waals surface area contributed by atoms with Gasteiger partial charge in [-0.25, -0.2) is 0 Å². The van der Waals surface area contributed by atoms with Crippen LogP contribution in [0.3, 0.4) is 0 Å². The standard InChI is InChI=1S/C26H29ClO6/c1-4-13-31-25-23(29)21-16-18(27)9-12-20(21)24(26(25)32-14-5-2)33-22(28)15-17-7-10-19(11-8-17)30-6-3/h7-12,16,29H,4-6,13-15H2,1-3H3. The molecule has 0 aromatic heterocycles. The maximum absolute atomic E-state index is 12.9. The fourth-order valence-electron chi connectivity index (χ4n) is 3.33. The number of halogens is 1. The van der Waals surface area contributed by atoms with Gasteiger partial charge in [0, 0.05) is 15.8 Å². The number of phenols is 1. The minimum atomic E-state index is -0.469. The van der Waals surface area contributed by atoms with Gasteiger partial charge in [-0.05, 0) is 55.7 Å². The summed E-state index contributed by atoms with van der Waals surface area (Å²) in [5.41, 5.74) is 0.785. The van der Waals surface area contributed by atoms with Gasteiger partial charge in [0.2, 0.25) is 11.5 Å². The molecule has 0 aliphatic carbocycles. The summed E-state index contributed by atoms with van der Waals surface area (Å²) in [5.74, 6) is 0.725. The van der Waals surface area contributed by atoms with Crippen molar-refractivity contribution in [1.82, 2.24) is 0 Å². The van der Waals surface area contributed by atoms with E-state index in [0.29, 0.717) is 35.6 Å². The largest absolute Gasteiger partial charge is 0.504 e. The molecular formula is C26H29ClO6. The van der Waals surface area contributed by atoms with Crippen molar-refractivity contribution in [2.75, 3.05) is 19.8 Å². The lowest BCUT2D eigenvalue weighted by Gasteiger charge is -2.20.